The molecule has 1 aromatic heterocycles. The summed E-state index contributed by atoms with van der Waals surface area (Å²) < 4.78 is 10.7. The molecule has 1 heterocycles. The van der Waals surface area contributed by atoms with Crippen molar-refractivity contribution in [1.29, 1.82) is 0 Å². The number of rotatable bonds is 5. The van der Waals surface area contributed by atoms with Gasteiger partial charge >= 0.3 is 0 Å². The number of hydrogen-bond donors (Lipinski definition) is 0. The molecule has 0 aliphatic heterocycles. The molecule has 0 unspecified atom stereocenters. The van der Waals surface area contributed by atoms with Gasteiger partial charge in [-0.1, -0.05) is 64.8 Å². The average molecular weight is 348 g/mol. The predicted octanol–water partition coefficient (Wildman–Crippen LogP) is 4.79. The average Bonchev–Trinajstić information content (AvgIpc) is 3.03. The molecule has 3 aromatic rings. The molecular formula is C17H11Cl2NO3. The van der Waals surface area contributed by atoms with Crippen LogP contribution in [-0.2, 0) is 6.61 Å². The highest BCUT2D eigenvalue weighted by atomic mass is 35.5. The first-order chi connectivity index (χ1) is 11.1. The maximum Gasteiger partial charge on any atom is 0.214 e. The van der Waals surface area contributed by atoms with Crippen LogP contribution in [0.15, 0.2) is 59.1 Å². The summed E-state index contributed by atoms with van der Waals surface area (Å²) in [5, 5.41) is 4.58. The van der Waals surface area contributed by atoms with Crippen molar-refractivity contribution in [2.45, 2.75) is 6.61 Å². The fourth-order valence-corrected chi connectivity index (χ4v) is 2.50. The second kappa shape index (κ2) is 6.86. The molecule has 0 atom stereocenters. The van der Waals surface area contributed by atoms with Gasteiger partial charge in [-0.25, -0.2) is 0 Å². The van der Waals surface area contributed by atoms with Gasteiger partial charge in [0.05, 0.1) is 10.0 Å². The van der Waals surface area contributed by atoms with Crippen LogP contribution in [-0.4, -0.2) is 10.9 Å². The summed E-state index contributed by atoms with van der Waals surface area (Å²) in [6.45, 7) is 0.0680. The van der Waals surface area contributed by atoms with Gasteiger partial charge in [-0.15, -0.1) is 0 Å². The zero-order valence-electron chi connectivity index (χ0n) is 11.8. The molecule has 116 valence electrons. The van der Waals surface area contributed by atoms with Crippen LogP contribution in [0.2, 0.25) is 10.0 Å². The first-order valence-electron chi connectivity index (χ1n) is 6.77. The summed E-state index contributed by atoms with van der Waals surface area (Å²) in [4.78, 5) is 12.2. The van der Waals surface area contributed by atoms with Gasteiger partial charge in [-0.05, 0) is 12.1 Å². The van der Waals surface area contributed by atoms with Crippen molar-refractivity contribution >= 4 is 29.0 Å². The van der Waals surface area contributed by atoms with Crippen molar-refractivity contribution in [1.82, 2.24) is 5.16 Å². The molecule has 0 amide bonds. The Morgan fingerprint density at radius 2 is 1.74 bits per heavy atom. The van der Waals surface area contributed by atoms with Gasteiger partial charge in [-0.2, -0.15) is 0 Å². The molecule has 23 heavy (non-hydrogen) atoms. The Balaban J connectivity index is 1.72. The van der Waals surface area contributed by atoms with E-state index in [4.69, 9.17) is 32.5 Å². The number of hydrogen-bond acceptors (Lipinski definition) is 4. The van der Waals surface area contributed by atoms with Crippen molar-refractivity contribution in [3.63, 3.8) is 0 Å². The third-order valence-electron chi connectivity index (χ3n) is 3.11. The smallest absolute Gasteiger partial charge is 0.214 e. The number of nitrogens with zero attached hydrogens (tertiary/aromatic N) is 1. The number of carbonyl (C=O) groups excluding carboxylic acids is 1. The van der Waals surface area contributed by atoms with Gasteiger partial charge in [0, 0.05) is 11.6 Å². The lowest BCUT2D eigenvalue weighted by atomic mass is 10.1. The van der Waals surface area contributed by atoms with Gasteiger partial charge in [0.1, 0.15) is 6.61 Å². The zero-order valence-corrected chi connectivity index (χ0v) is 13.3. The van der Waals surface area contributed by atoms with Crippen LogP contribution >= 0.6 is 23.2 Å². The maximum absolute atomic E-state index is 12.2. The van der Waals surface area contributed by atoms with E-state index >= 15 is 0 Å². The largest absolute Gasteiger partial charge is 0.482 e. The number of aromatic nitrogens is 1. The van der Waals surface area contributed by atoms with Gasteiger partial charge in [-0.3, -0.25) is 4.79 Å². The Kier molecular flexibility index (Phi) is 4.65. The molecule has 3 rings (SSSR count). The Bertz CT molecular complexity index is 811. The Hall–Kier alpha value is -2.30. The van der Waals surface area contributed by atoms with E-state index in [0.717, 1.165) is 0 Å². The van der Waals surface area contributed by atoms with E-state index < -0.39 is 0 Å². The van der Waals surface area contributed by atoms with E-state index in [9.17, 15) is 4.79 Å². The molecule has 0 N–H and O–H groups in total. The van der Waals surface area contributed by atoms with Crippen molar-refractivity contribution < 1.29 is 14.1 Å². The molecule has 0 aliphatic rings. The summed E-state index contributed by atoms with van der Waals surface area (Å²) in [6.07, 6.45) is 0. The SMILES string of the molecule is O=C(c1ccccc1)c1cc(COc2c(Cl)cccc2Cl)on1. The lowest BCUT2D eigenvalue weighted by Gasteiger charge is -2.07. The normalized spacial score (nSPS) is 10.5. The minimum absolute atomic E-state index is 0.0680. The number of para-hydroxylation sites is 1. The second-order valence-electron chi connectivity index (χ2n) is 4.71. The van der Waals surface area contributed by atoms with Gasteiger partial charge < -0.3 is 9.26 Å². The number of ketones is 1. The fraction of sp³-hybridized carbons (Fsp3) is 0.0588. The number of carbonyl (C=O) groups is 1. The molecule has 0 radical (unpaired) electrons. The third-order valence-corrected chi connectivity index (χ3v) is 3.70. The van der Waals surface area contributed by atoms with E-state index in [-0.39, 0.29) is 18.1 Å². The highest BCUT2D eigenvalue weighted by molar-refractivity contribution is 6.37. The molecule has 0 spiro atoms. The maximum atomic E-state index is 12.2. The fourth-order valence-electron chi connectivity index (χ4n) is 1.99. The first-order valence-corrected chi connectivity index (χ1v) is 7.53. The van der Waals surface area contributed by atoms with Gasteiger partial charge in [0.25, 0.3) is 0 Å². The quantitative estimate of drug-likeness (QED) is 0.622. The predicted molar refractivity (Wildman–Crippen MR) is 87.2 cm³/mol. The van der Waals surface area contributed by atoms with Crippen molar-refractivity contribution in [3.05, 3.63) is 81.7 Å². The minimum Gasteiger partial charge on any atom is -0.482 e. The van der Waals surface area contributed by atoms with Crippen molar-refractivity contribution in [3.8, 4) is 5.75 Å². The summed E-state index contributed by atoms with van der Waals surface area (Å²) in [7, 11) is 0. The lowest BCUT2D eigenvalue weighted by Crippen LogP contribution is -2.01. The van der Waals surface area contributed by atoms with E-state index in [1.54, 1.807) is 48.5 Å². The summed E-state index contributed by atoms with van der Waals surface area (Å²) in [6, 6.07) is 15.5. The molecule has 0 bridgehead atoms. The highest BCUT2D eigenvalue weighted by Crippen LogP contribution is 2.32. The van der Waals surface area contributed by atoms with Crippen LogP contribution in [0.1, 0.15) is 21.8 Å². The minimum atomic E-state index is -0.212. The summed E-state index contributed by atoms with van der Waals surface area (Å²) >= 11 is 12.0. The van der Waals surface area contributed by atoms with Crippen LogP contribution in [0.3, 0.4) is 0 Å². The Morgan fingerprint density at radius 1 is 1.04 bits per heavy atom. The molecule has 4 nitrogen and oxygen atoms in total. The molecule has 0 fully saturated rings. The van der Waals surface area contributed by atoms with Crippen LogP contribution in [0.4, 0.5) is 0 Å². The number of ether oxygens (including phenoxy) is 1. The summed E-state index contributed by atoms with van der Waals surface area (Å²) in [5.41, 5.74) is 0.766. The van der Waals surface area contributed by atoms with Gasteiger partial charge in [0.15, 0.2) is 17.2 Å². The van der Waals surface area contributed by atoms with E-state index in [1.807, 2.05) is 6.07 Å². The van der Waals surface area contributed by atoms with Gasteiger partial charge in [0.2, 0.25) is 5.78 Å². The van der Waals surface area contributed by atoms with E-state index in [1.165, 1.54) is 0 Å². The Labute approximate surface area is 142 Å². The molecule has 2 aromatic carbocycles. The van der Waals surface area contributed by atoms with Crippen molar-refractivity contribution in [2.24, 2.45) is 0 Å². The molecule has 6 heteroatoms. The molecular weight excluding hydrogens is 337 g/mol. The lowest BCUT2D eigenvalue weighted by molar-refractivity contribution is 0.103. The van der Waals surface area contributed by atoms with E-state index in [2.05, 4.69) is 5.16 Å². The van der Waals surface area contributed by atoms with Crippen LogP contribution in [0.25, 0.3) is 0 Å². The Morgan fingerprint density at radius 3 is 2.43 bits per heavy atom. The highest BCUT2D eigenvalue weighted by Gasteiger charge is 2.15. The number of halogens is 2. The topological polar surface area (TPSA) is 52.3 Å². The molecule has 0 saturated carbocycles. The number of benzene rings is 2. The van der Waals surface area contributed by atoms with E-state index in [0.29, 0.717) is 27.1 Å². The monoisotopic (exact) mass is 347 g/mol. The summed E-state index contributed by atoms with van der Waals surface area (Å²) in [5.74, 6) is 0.555. The standard InChI is InChI=1S/C17H11Cl2NO3/c18-13-7-4-8-14(19)17(13)22-10-12-9-15(20-23-12)16(21)11-5-2-1-3-6-11/h1-9H,10H2. The van der Waals surface area contributed by atoms with Crippen molar-refractivity contribution in [2.75, 3.05) is 0 Å². The second-order valence-corrected chi connectivity index (χ2v) is 5.53. The third kappa shape index (κ3) is 3.55. The van der Waals surface area contributed by atoms with Crippen LogP contribution in [0, 0.1) is 0 Å². The first kappa shape index (κ1) is 15.6. The van der Waals surface area contributed by atoms with Crippen LogP contribution in [0.5, 0.6) is 5.75 Å². The molecule has 0 saturated heterocycles. The zero-order chi connectivity index (χ0) is 16.2. The van der Waals surface area contributed by atoms with Crippen LogP contribution < -0.4 is 4.74 Å². The molecule has 0 aliphatic carbocycles.